The summed E-state index contributed by atoms with van der Waals surface area (Å²) in [6.07, 6.45) is 0. The lowest BCUT2D eigenvalue weighted by atomic mass is 10.1. The minimum absolute atomic E-state index is 0.0995. The summed E-state index contributed by atoms with van der Waals surface area (Å²) in [5.74, 6) is -1.91. The van der Waals surface area contributed by atoms with E-state index in [4.69, 9.17) is 14.2 Å². The molecule has 0 aromatic heterocycles. The lowest BCUT2D eigenvalue weighted by Crippen LogP contribution is -2.16. The van der Waals surface area contributed by atoms with Crippen LogP contribution < -0.4 is 14.2 Å². The summed E-state index contributed by atoms with van der Waals surface area (Å²) in [6, 6.07) is 50.6. The molecule has 0 unspecified atom stereocenters. The van der Waals surface area contributed by atoms with Gasteiger partial charge in [-0.25, -0.2) is 14.4 Å². The molecular weight excluding hydrogens is 721 g/mol. The fourth-order valence-corrected chi connectivity index (χ4v) is 5.05. The summed E-state index contributed by atoms with van der Waals surface area (Å²) in [6.45, 7) is 0. The van der Waals surface area contributed by atoms with Crippen LogP contribution in [0.15, 0.2) is 213 Å². The molecule has 7 aromatic carbocycles. The second-order valence-corrected chi connectivity index (χ2v) is 12.1. The normalized spacial score (nSPS) is 11.2. The van der Waals surface area contributed by atoms with Crippen molar-refractivity contribution in [1.29, 1.82) is 0 Å². The molecule has 7 aromatic rings. The molecule has 0 spiro atoms. The molecule has 12 nitrogen and oxygen atoms in total. The van der Waals surface area contributed by atoms with Gasteiger partial charge in [0.15, 0.2) is 0 Å². The van der Waals surface area contributed by atoms with Gasteiger partial charge in [-0.3, -0.25) is 0 Å². The van der Waals surface area contributed by atoms with Crippen LogP contribution in [0.1, 0.15) is 31.1 Å². The maximum Gasteiger partial charge on any atom is 0.343 e. The van der Waals surface area contributed by atoms with Crippen LogP contribution in [0.4, 0.5) is 34.1 Å². The number of hydrogen-bond donors (Lipinski definition) is 0. The van der Waals surface area contributed by atoms with Crippen molar-refractivity contribution in [3.8, 4) is 17.2 Å². The monoisotopic (exact) mass is 750 g/mol. The van der Waals surface area contributed by atoms with Crippen molar-refractivity contribution in [3.05, 3.63) is 199 Å². The Balaban J connectivity index is 1.08. The molecule has 12 heteroatoms. The fourth-order valence-electron chi connectivity index (χ4n) is 5.05. The number of ether oxygens (including phenoxy) is 3. The Morgan fingerprint density at radius 1 is 0.281 bits per heavy atom. The molecule has 0 N–H and O–H groups in total. The molecule has 0 saturated heterocycles. The molecule has 0 radical (unpaired) electrons. The summed E-state index contributed by atoms with van der Waals surface area (Å²) in [4.78, 5) is 40.4. The third-order valence-electron chi connectivity index (χ3n) is 7.89. The van der Waals surface area contributed by atoms with Crippen LogP contribution >= 0.6 is 0 Å². The fraction of sp³-hybridized carbons (Fsp3) is 0. The number of carbonyl (C=O) groups is 3. The van der Waals surface area contributed by atoms with Gasteiger partial charge in [-0.15, -0.1) is 0 Å². The number of rotatable bonds is 12. The van der Waals surface area contributed by atoms with E-state index in [1.165, 1.54) is 18.2 Å². The number of azo groups is 3. The average Bonchev–Trinajstić information content (AvgIpc) is 3.26. The summed E-state index contributed by atoms with van der Waals surface area (Å²) in [5, 5.41) is 25.2. The van der Waals surface area contributed by atoms with Gasteiger partial charge in [-0.2, -0.15) is 30.7 Å². The number of carbonyl (C=O) groups excluding carboxylic acids is 3. The highest BCUT2D eigenvalue weighted by Gasteiger charge is 2.20. The Bertz CT molecular complexity index is 2260. The van der Waals surface area contributed by atoms with Gasteiger partial charge in [0.05, 0.1) is 50.8 Å². The van der Waals surface area contributed by atoms with Crippen molar-refractivity contribution in [1.82, 2.24) is 0 Å². The van der Waals surface area contributed by atoms with Crippen molar-refractivity contribution in [2.45, 2.75) is 0 Å². The molecule has 0 atom stereocenters. The van der Waals surface area contributed by atoms with Gasteiger partial charge in [-0.05, 0) is 127 Å². The number of benzene rings is 7. The summed E-state index contributed by atoms with van der Waals surface area (Å²) in [5.41, 5.74) is 3.36. The van der Waals surface area contributed by atoms with Gasteiger partial charge in [0.2, 0.25) is 0 Å². The van der Waals surface area contributed by atoms with E-state index in [1.54, 1.807) is 72.8 Å². The van der Waals surface area contributed by atoms with Crippen molar-refractivity contribution in [2.75, 3.05) is 0 Å². The lowest BCUT2D eigenvalue weighted by molar-refractivity contribution is 0.0734. The Kier molecular flexibility index (Phi) is 11.8. The van der Waals surface area contributed by atoms with Crippen LogP contribution in [0.3, 0.4) is 0 Å². The second kappa shape index (κ2) is 18.2. The molecule has 7 rings (SSSR count). The first-order valence-electron chi connectivity index (χ1n) is 17.5. The molecule has 0 aliphatic rings. The highest BCUT2D eigenvalue weighted by atomic mass is 16.5. The van der Waals surface area contributed by atoms with Gasteiger partial charge in [0.25, 0.3) is 0 Å². The third-order valence-corrected chi connectivity index (χ3v) is 7.89. The first-order chi connectivity index (χ1) is 27.9. The summed E-state index contributed by atoms with van der Waals surface area (Å²) in [7, 11) is 0. The summed E-state index contributed by atoms with van der Waals surface area (Å²) >= 11 is 0. The lowest BCUT2D eigenvalue weighted by Gasteiger charge is -2.11. The van der Waals surface area contributed by atoms with Crippen LogP contribution in [0.2, 0.25) is 0 Å². The standard InChI is InChI=1S/C45H30N6O6/c52-43(55-40-22-16-37(17-23-40)49-46-34-10-4-1-5-11-34)31-28-32(44(53)56-41-24-18-38(19-25-41)50-47-35-12-6-2-7-13-35)30-33(29-31)45(54)57-42-26-20-39(21-27-42)51-48-36-14-8-3-9-15-36/h1-30H/b49-46+,50-47+,51-48+. The molecule has 0 fully saturated rings. The number of nitrogens with zero attached hydrogens (tertiary/aromatic N) is 6. The molecule has 0 aliphatic carbocycles. The van der Waals surface area contributed by atoms with Gasteiger partial charge in [-0.1, -0.05) is 54.6 Å². The maximum absolute atomic E-state index is 13.5. The van der Waals surface area contributed by atoms with E-state index in [9.17, 15) is 14.4 Å². The number of esters is 3. The molecule has 0 amide bonds. The Morgan fingerprint density at radius 3 is 0.719 bits per heavy atom. The van der Waals surface area contributed by atoms with E-state index in [0.717, 1.165) is 0 Å². The molecule has 0 aliphatic heterocycles. The smallest absolute Gasteiger partial charge is 0.343 e. The molecule has 0 bridgehead atoms. The van der Waals surface area contributed by atoms with Crippen LogP contribution in [0, 0.1) is 0 Å². The van der Waals surface area contributed by atoms with Crippen molar-refractivity contribution in [3.63, 3.8) is 0 Å². The maximum atomic E-state index is 13.5. The minimum Gasteiger partial charge on any atom is -0.423 e. The van der Waals surface area contributed by atoms with E-state index in [-0.39, 0.29) is 33.9 Å². The molecular formula is C45H30N6O6. The van der Waals surface area contributed by atoms with Gasteiger partial charge >= 0.3 is 17.9 Å². The predicted octanol–water partition coefficient (Wildman–Crippen LogP) is 12.6. The first kappa shape index (κ1) is 37.1. The quantitative estimate of drug-likeness (QED) is 0.0688. The highest BCUT2D eigenvalue weighted by molar-refractivity contribution is 6.02. The topological polar surface area (TPSA) is 153 Å². The second-order valence-electron chi connectivity index (χ2n) is 12.1. The van der Waals surface area contributed by atoms with Gasteiger partial charge in [0, 0.05) is 0 Å². The third kappa shape index (κ3) is 10.7. The van der Waals surface area contributed by atoms with Crippen molar-refractivity contribution < 1.29 is 28.6 Å². The zero-order valence-corrected chi connectivity index (χ0v) is 30.0. The Labute approximate surface area is 326 Å². The molecule has 0 heterocycles. The average molecular weight is 751 g/mol. The largest absolute Gasteiger partial charge is 0.423 e. The number of hydrogen-bond acceptors (Lipinski definition) is 12. The zero-order chi connectivity index (χ0) is 39.2. The Morgan fingerprint density at radius 2 is 0.491 bits per heavy atom. The van der Waals surface area contributed by atoms with Gasteiger partial charge < -0.3 is 14.2 Å². The van der Waals surface area contributed by atoms with Crippen LogP contribution in [-0.2, 0) is 0 Å². The van der Waals surface area contributed by atoms with E-state index in [1.807, 2.05) is 91.0 Å². The van der Waals surface area contributed by atoms with Crippen LogP contribution in [0.25, 0.3) is 0 Å². The molecule has 276 valence electrons. The summed E-state index contributed by atoms with van der Waals surface area (Å²) < 4.78 is 16.8. The van der Waals surface area contributed by atoms with Gasteiger partial charge in [0.1, 0.15) is 17.2 Å². The van der Waals surface area contributed by atoms with Crippen molar-refractivity contribution >= 4 is 52.0 Å². The SMILES string of the molecule is O=C(Oc1ccc(/N=N/c2ccccc2)cc1)c1cc(C(=O)Oc2ccc(/N=N/c3ccccc3)cc2)cc(C(=O)Oc2ccc(/N=N/c3ccccc3)cc2)c1. The first-order valence-corrected chi connectivity index (χ1v) is 17.5. The zero-order valence-electron chi connectivity index (χ0n) is 30.0. The van der Waals surface area contributed by atoms with E-state index >= 15 is 0 Å². The molecule has 57 heavy (non-hydrogen) atoms. The van der Waals surface area contributed by atoms with E-state index in [0.29, 0.717) is 34.1 Å². The van der Waals surface area contributed by atoms with Crippen molar-refractivity contribution in [2.24, 2.45) is 30.7 Å². The molecule has 0 saturated carbocycles. The van der Waals surface area contributed by atoms with Crippen LogP contribution in [0.5, 0.6) is 17.2 Å². The Hall–Kier alpha value is -8.25. The van der Waals surface area contributed by atoms with E-state index in [2.05, 4.69) is 30.7 Å². The predicted molar refractivity (Wildman–Crippen MR) is 212 cm³/mol. The minimum atomic E-state index is -0.835. The highest BCUT2D eigenvalue weighted by Crippen LogP contribution is 2.26. The van der Waals surface area contributed by atoms with E-state index < -0.39 is 17.9 Å². The van der Waals surface area contributed by atoms with Crippen LogP contribution in [-0.4, -0.2) is 17.9 Å².